The number of benzene rings is 2. The fraction of sp³-hybridized carbons (Fsp3) is 0.105. The molecule has 0 fully saturated rings. The molecule has 0 saturated heterocycles. The molecule has 27 heavy (non-hydrogen) atoms. The molecule has 2 heterocycles. The van der Waals surface area contributed by atoms with Crippen LogP contribution in [0, 0.1) is 0 Å². The van der Waals surface area contributed by atoms with Crippen LogP contribution in [0.5, 0.6) is 0 Å². The molecule has 0 aliphatic heterocycles. The van der Waals surface area contributed by atoms with Crippen molar-refractivity contribution in [2.75, 3.05) is 5.73 Å². The van der Waals surface area contributed by atoms with Gasteiger partial charge in [0.25, 0.3) is 0 Å². The van der Waals surface area contributed by atoms with E-state index in [0.29, 0.717) is 21.9 Å². The molecule has 1 atom stereocenters. The maximum Gasteiger partial charge on any atom is 0.196 e. The topological polar surface area (TPSA) is 89.8 Å². The minimum absolute atomic E-state index is 0.479. The third-order valence-corrected chi connectivity index (χ3v) is 5.64. The summed E-state index contributed by atoms with van der Waals surface area (Å²) in [5.41, 5.74) is 8.27. The van der Waals surface area contributed by atoms with Gasteiger partial charge in [-0.05, 0) is 17.7 Å². The van der Waals surface area contributed by atoms with Crippen molar-refractivity contribution in [3.63, 3.8) is 0 Å². The summed E-state index contributed by atoms with van der Waals surface area (Å²) in [6.07, 6.45) is -0.872. The van der Waals surface area contributed by atoms with Crippen LogP contribution in [-0.2, 0) is 5.75 Å². The van der Waals surface area contributed by atoms with Gasteiger partial charge in [-0.25, -0.2) is 4.98 Å². The Labute approximate surface area is 164 Å². The molecule has 6 nitrogen and oxygen atoms in total. The minimum Gasteiger partial charge on any atom is -0.380 e. The lowest BCUT2D eigenvalue weighted by atomic mass is 10.1. The molecule has 2 aromatic carbocycles. The molecule has 0 aliphatic rings. The van der Waals surface area contributed by atoms with Gasteiger partial charge < -0.3 is 10.8 Å². The molecular formula is C19H17N5OS2. The quantitative estimate of drug-likeness (QED) is 0.484. The monoisotopic (exact) mass is 395 g/mol. The second-order valence-corrected chi connectivity index (χ2v) is 7.62. The predicted molar refractivity (Wildman–Crippen MR) is 108 cm³/mol. The maximum absolute atomic E-state index is 10.9. The Morgan fingerprint density at radius 1 is 1.04 bits per heavy atom. The Balaban J connectivity index is 1.70. The van der Waals surface area contributed by atoms with E-state index in [4.69, 9.17) is 5.73 Å². The average molecular weight is 396 g/mol. The van der Waals surface area contributed by atoms with Gasteiger partial charge in [0, 0.05) is 16.8 Å². The van der Waals surface area contributed by atoms with Gasteiger partial charge in [0.2, 0.25) is 0 Å². The molecule has 0 bridgehead atoms. The van der Waals surface area contributed by atoms with Crippen molar-refractivity contribution in [2.24, 2.45) is 0 Å². The highest BCUT2D eigenvalue weighted by atomic mass is 32.2. The predicted octanol–water partition coefficient (Wildman–Crippen LogP) is 3.68. The molecule has 0 saturated carbocycles. The van der Waals surface area contributed by atoms with Gasteiger partial charge in [0.05, 0.1) is 5.69 Å². The molecule has 8 heteroatoms. The lowest BCUT2D eigenvalue weighted by Gasteiger charge is -2.14. The summed E-state index contributed by atoms with van der Waals surface area (Å²) >= 11 is 2.93. The maximum atomic E-state index is 10.9. The zero-order valence-corrected chi connectivity index (χ0v) is 15.9. The van der Waals surface area contributed by atoms with E-state index in [9.17, 15) is 5.11 Å². The molecule has 0 radical (unpaired) electrons. The van der Waals surface area contributed by atoms with Gasteiger partial charge in [-0.1, -0.05) is 60.3 Å². The van der Waals surface area contributed by atoms with Crippen molar-refractivity contribution in [1.82, 2.24) is 19.7 Å². The Kier molecular flexibility index (Phi) is 5.19. The highest BCUT2D eigenvalue weighted by Crippen LogP contribution is 2.30. The van der Waals surface area contributed by atoms with Crippen LogP contribution in [0.1, 0.15) is 23.2 Å². The van der Waals surface area contributed by atoms with E-state index < -0.39 is 6.10 Å². The van der Waals surface area contributed by atoms with E-state index in [1.807, 2.05) is 70.6 Å². The van der Waals surface area contributed by atoms with Crippen LogP contribution >= 0.6 is 23.1 Å². The number of anilines is 1. The zero-order valence-electron chi connectivity index (χ0n) is 14.3. The Morgan fingerprint density at radius 2 is 1.74 bits per heavy atom. The molecule has 4 rings (SSSR count). The fourth-order valence-electron chi connectivity index (χ4n) is 2.68. The molecule has 136 valence electrons. The molecule has 3 N–H and O–H groups in total. The first kappa shape index (κ1) is 17.7. The van der Waals surface area contributed by atoms with Crippen molar-refractivity contribution in [2.45, 2.75) is 17.0 Å². The third-order valence-electron chi connectivity index (χ3n) is 3.95. The lowest BCUT2D eigenvalue weighted by molar-refractivity contribution is 0.207. The second-order valence-electron chi connectivity index (χ2n) is 5.79. The van der Waals surface area contributed by atoms with Crippen molar-refractivity contribution in [3.05, 3.63) is 83.1 Å². The molecule has 0 aliphatic carbocycles. The fourth-order valence-corrected chi connectivity index (χ4v) is 4.20. The van der Waals surface area contributed by atoms with Crippen LogP contribution in [-0.4, -0.2) is 24.9 Å². The van der Waals surface area contributed by atoms with Gasteiger partial charge >= 0.3 is 0 Å². The van der Waals surface area contributed by atoms with E-state index in [0.717, 1.165) is 16.9 Å². The molecule has 4 aromatic rings. The first-order chi connectivity index (χ1) is 13.2. The number of thioether (sulfide) groups is 1. The van der Waals surface area contributed by atoms with E-state index >= 15 is 0 Å². The Bertz CT molecular complexity index is 1020. The molecular weight excluding hydrogens is 378 g/mol. The summed E-state index contributed by atoms with van der Waals surface area (Å²) in [5, 5.41) is 22.7. The standard InChI is InChI=1S/C19H17N5OS2/c20-18-21-14(11-26-18)12-27-19-23-22-17(16(25)13-7-3-1-4-8-13)24(19)15-9-5-2-6-10-15/h1-11,16,25H,12H2,(H2,20,21). The van der Waals surface area contributed by atoms with Crippen molar-refractivity contribution in [1.29, 1.82) is 0 Å². The summed E-state index contributed by atoms with van der Waals surface area (Å²) in [7, 11) is 0. The number of hydrogen-bond acceptors (Lipinski definition) is 7. The zero-order chi connectivity index (χ0) is 18.6. The molecule has 1 unspecified atom stereocenters. The molecule has 0 amide bonds. The van der Waals surface area contributed by atoms with Crippen molar-refractivity contribution in [3.8, 4) is 5.69 Å². The van der Waals surface area contributed by atoms with E-state index in [1.165, 1.54) is 23.1 Å². The largest absolute Gasteiger partial charge is 0.380 e. The summed E-state index contributed by atoms with van der Waals surface area (Å²) in [6.45, 7) is 0. The molecule has 2 aromatic heterocycles. The van der Waals surface area contributed by atoms with Gasteiger partial charge in [-0.15, -0.1) is 21.5 Å². The highest BCUT2D eigenvalue weighted by molar-refractivity contribution is 7.98. The van der Waals surface area contributed by atoms with Crippen molar-refractivity contribution < 1.29 is 5.11 Å². The van der Waals surface area contributed by atoms with Gasteiger partial charge in [-0.2, -0.15) is 0 Å². The number of aliphatic hydroxyl groups excluding tert-OH is 1. The first-order valence-corrected chi connectivity index (χ1v) is 10.2. The van der Waals surface area contributed by atoms with Crippen LogP contribution in [0.4, 0.5) is 5.13 Å². The number of aliphatic hydroxyl groups is 1. The number of nitrogen functional groups attached to an aromatic ring is 1. The van der Waals surface area contributed by atoms with Crippen LogP contribution in [0.2, 0.25) is 0 Å². The van der Waals surface area contributed by atoms with Gasteiger partial charge in [0.15, 0.2) is 16.1 Å². The van der Waals surface area contributed by atoms with E-state index in [-0.39, 0.29) is 0 Å². The van der Waals surface area contributed by atoms with Crippen LogP contribution in [0.25, 0.3) is 5.69 Å². The lowest BCUT2D eigenvalue weighted by Crippen LogP contribution is -2.09. The first-order valence-electron chi connectivity index (χ1n) is 8.29. The second kappa shape index (κ2) is 7.91. The van der Waals surface area contributed by atoms with Crippen molar-refractivity contribution >= 4 is 28.2 Å². The number of hydrogen-bond donors (Lipinski definition) is 2. The number of para-hydroxylation sites is 1. The van der Waals surface area contributed by atoms with E-state index in [1.54, 1.807) is 0 Å². The summed E-state index contributed by atoms with van der Waals surface area (Å²) in [6, 6.07) is 19.2. The summed E-state index contributed by atoms with van der Waals surface area (Å²) in [4.78, 5) is 4.29. The number of rotatable bonds is 6. The number of nitrogens with zero attached hydrogens (tertiary/aromatic N) is 4. The Morgan fingerprint density at radius 3 is 2.41 bits per heavy atom. The van der Waals surface area contributed by atoms with Crippen LogP contribution in [0.3, 0.4) is 0 Å². The Hall–Kier alpha value is -2.68. The van der Waals surface area contributed by atoms with Crippen LogP contribution < -0.4 is 5.73 Å². The van der Waals surface area contributed by atoms with Gasteiger partial charge in [-0.3, -0.25) is 4.57 Å². The average Bonchev–Trinajstić information content (AvgIpc) is 3.33. The minimum atomic E-state index is -0.872. The molecule has 0 spiro atoms. The summed E-state index contributed by atoms with van der Waals surface area (Å²) < 4.78 is 1.89. The number of thiazole rings is 1. The van der Waals surface area contributed by atoms with E-state index in [2.05, 4.69) is 15.2 Å². The smallest absolute Gasteiger partial charge is 0.196 e. The van der Waals surface area contributed by atoms with Gasteiger partial charge in [0.1, 0.15) is 6.10 Å². The number of nitrogens with two attached hydrogens (primary N) is 1. The SMILES string of the molecule is Nc1nc(CSc2nnc(C(O)c3ccccc3)n2-c2ccccc2)cs1. The normalized spacial score (nSPS) is 12.2. The summed E-state index contributed by atoms with van der Waals surface area (Å²) in [5.74, 6) is 1.10. The highest BCUT2D eigenvalue weighted by Gasteiger charge is 2.22. The third kappa shape index (κ3) is 3.87. The number of aromatic nitrogens is 4. The van der Waals surface area contributed by atoms with Crippen LogP contribution in [0.15, 0.2) is 71.2 Å².